The second-order valence-corrected chi connectivity index (χ2v) is 10.2. The van der Waals surface area contributed by atoms with Crippen LogP contribution in [0.15, 0.2) is 24.3 Å². The lowest BCUT2D eigenvalue weighted by atomic mass is 9.36. The van der Waals surface area contributed by atoms with Crippen LogP contribution in [0.25, 0.3) is 0 Å². The molecule has 0 amide bonds. The van der Waals surface area contributed by atoms with E-state index in [1.165, 1.54) is 11.1 Å². The summed E-state index contributed by atoms with van der Waals surface area (Å²) in [7, 11) is 3.96. The largest absolute Gasteiger partial charge is 0.504 e. The zero-order valence-corrected chi connectivity index (χ0v) is 17.0. The van der Waals surface area contributed by atoms with Crippen molar-refractivity contribution < 1.29 is 19.7 Å². The van der Waals surface area contributed by atoms with Crippen LogP contribution in [0.3, 0.4) is 0 Å². The lowest BCUT2D eigenvalue weighted by Crippen LogP contribution is -2.80. The fourth-order valence-electron chi connectivity index (χ4n) is 7.86. The molecule has 150 valence electrons. The van der Waals surface area contributed by atoms with Crippen molar-refractivity contribution in [1.82, 2.24) is 4.90 Å². The number of rotatable bonds is 2. The fourth-order valence-corrected chi connectivity index (χ4v) is 7.86. The van der Waals surface area contributed by atoms with Crippen molar-refractivity contribution in [3.63, 3.8) is 0 Å². The Labute approximate surface area is 165 Å². The van der Waals surface area contributed by atoms with Crippen LogP contribution in [0, 0.1) is 11.3 Å². The third-order valence-electron chi connectivity index (χ3n) is 8.93. The van der Waals surface area contributed by atoms with Crippen LogP contribution in [0.1, 0.15) is 37.8 Å². The minimum atomic E-state index is -0.900. The van der Waals surface area contributed by atoms with Gasteiger partial charge in [0.2, 0.25) is 0 Å². The third kappa shape index (κ3) is 1.54. The van der Waals surface area contributed by atoms with Gasteiger partial charge in [0, 0.05) is 30.0 Å². The molecule has 2 spiro atoms. The van der Waals surface area contributed by atoms with Gasteiger partial charge < -0.3 is 24.6 Å². The molecule has 5 nitrogen and oxygen atoms in total. The van der Waals surface area contributed by atoms with E-state index >= 15 is 0 Å². The molecule has 1 aromatic carbocycles. The summed E-state index contributed by atoms with van der Waals surface area (Å²) >= 11 is 0. The Morgan fingerprint density at radius 1 is 1.29 bits per heavy atom. The molecule has 1 saturated heterocycles. The molecule has 1 saturated carbocycles. The molecule has 1 aromatic rings. The predicted octanol–water partition coefficient (Wildman–Crippen LogP) is 2.38. The van der Waals surface area contributed by atoms with Crippen molar-refractivity contribution in [2.45, 2.75) is 61.9 Å². The van der Waals surface area contributed by atoms with Crippen LogP contribution in [-0.2, 0) is 16.6 Å². The molecule has 2 fully saturated rings. The molecule has 2 N–H and O–H groups in total. The van der Waals surface area contributed by atoms with E-state index in [-0.39, 0.29) is 28.6 Å². The highest BCUT2D eigenvalue weighted by atomic mass is 16.6. The van der Waals surface area contributed by atoms with E-state index in [2.05, 4.69) is 30.2 Å². The smallest absolute Gasteiger partial charge is 0.165 e. The van der Waals surface area contributed by atoms with Crippen molar-refractivity contribution in [2.75, 3.05) is 20.7 Å². The molecule has 4 aliphatic carbocycles. The van der Waals surface area contributed by atoms with Crippen LogP contribution < -0.4 is 4.74 Å². The average Bonchev–Trinajstić information content (AvgIpc) is 3.03. The molecule has 2 heterocycles. The maximum Gasteiger partial charge on any atom is 0.165 e. The minimum absolute atomic E-state index is 0.0832. The van der Waals surface area contributed by atoms with Gasteiger partial charge in [0.05, 0.1) is 11.0 Å². The highest BCUT2D eigenvalue weighted by Gasteiger charge is 2.80. The van der Waals surface area contributed by atoms with Gasteiger partial charge in [0.15, 0.2) is 11.5 Å². The van der Waals surface area contributed by atoms with Crippen molar-refractivity contribution in [2.24, 2.45) is 11.3 Å². The molecule has 2 aliphatic heterocycles. The molecular weight excluding hydrogens is 354 g/mol. The number of likely N-dealkylation sites (tertiary alicyclic amines) is 1. The van der Waals surface area contributed by atoms with E-state index in [0.29, 0.717) is 11.8 Å². The molecule has 28 heavy (non-hydrogen) atoms. The topological polar surface area (TPSA) is 62.2 Å². The SMILES string of the molecule is CO[C@]12C=C[C@@]3(C[C@@H]1C(C)(C)O)[C@H]1Cc4ccc(O)c5c4[C@@]3(CCN1C)[C@@H]2O5. The predicted molar refractivity (Wildman–Crippen MR) is 105 cm³/mol. The first-order chi connectivity index (χ1) is 13.2. The second-order valence-electron chi connectivity index (χ2n) is 10.2. The zero-order chi connectivity index (χ0) is 19.7. The first-order valence-electron chi connectivity index (χ1n) is 10.4. The zero-order valence-electron chi connectivity index (χ0n) is 17.0. The average molecular weight is 383 g/mol. The number of hydrogen-bond acceptors (Lipinski definition) is 5. The summed E-state index contributed by atoms with van der Waals surface area (Å²) in [4.78, 5) is 2.49. The standard InChI is InChI=1S/C23H29NO4/c1-20(2,26)15-12-21-7-8-23(15,27-4)19-22(21)9-10-24(3)16(21)11-13-5-6-14(25)18(28-19)17(13)22/h5-8,15-16,19,25-26H,9-12H2,1-4H3/t15-,16-,19+,21-,22+,23-/m1/s1. The maximum atomic E-state index is 11.2. The second kappa shape index (κ2) is 4.77. The number of fused-ring (bicyclic) bond motifs is 1. The first-order valence-corrected chi connectivity index (χ1v) is 10.4. The van der Waals surface area contributed by atoms with Crippen molar-refractivity contribution in [3.05, 3.63) is 35.4 Å². The van der Waals surface area contributed by atoms with Crippen LogP contribution in [-0.4, -0.2) is 59.2 Å². The highest BCUT2D eigenvalue weighted by Crippen LogP contribution is 2.75. The Bertz CT molecular complexity index is 920. The highest BCUT2D eigenvalue weighted by molar-refractivity contribution is 5.65. The Morgan fingerprint density at radius 2 is 2.07 bits per heavy atom. The van der Waals surface area contributed by atoms with Crippen LogP contribution in [0.4, 0.5) is 0 Å². The van der Waals surface area contributed by atoms with Gasteiger partial charge >= 0.3 is 0 Å². The number of hydrogen-bond donors (Lipinski definition) is 2. The normalized spacial score (nSPS) is 45.1. The Morgan fingerprint density at radius 3 is 2.79 bits per heavy atom. The maximum absolute atomic E-state index is 11.2. The van der Waals surface area contributed by atoms with Crippen molar-refractivity contribution in [3.8, 4) is 11.5 Å². The number of likely N-dealkylation sites (N-methyl/N-ethyl adjacent to an activating group) is 1. The molecule has 7 rings (SSSR count). The monoisotopic (exact) mass is 383 g/mol. The van der Waals surface area contributed by atoms with Crippen molar-refractivity contribution >= 4 is 0 Å². The van der Waals surface area contributed by atoms with Gasteiger partial charge in [-0.25, -0.2) is 0 Å². The van der Waals surface area contributed by atoms with Crippen LogP contribution >= 0.6 is 0 Å². The van der Waals surface area contributed by atoms with Gasteiger partial charge in [-0.15, -0.1) is 0 Å². The number of phenols is 1. The van der Waals surface area contributed by atoms with E-state index in [1.807, 2.05) is 13.8 Å². The number of aromatic hydroxyl groups is 1. The Balaban J connectivity index is 1.71. The van der Waals surface area contributed by atoms with Gasteiger partial charge in [-0.2, -0.15) is 0 Å². The number of benzene rings is 1. The van der Waals surface area contributed by atoms with Gasteiger partial charge in [-0.1, -0.05) is 18.2 Å². The quantitative estimate of drug-likeness (QED) is 0.768. The molecule has 0 radical (unpaired) electrons. The summed E-state index contributed by atoms with van der Waals surface area (Å²) in [5.41, 5.74) is 0.565. The van der Waals surface area contributed by atoms with E-state index < -0.39 is 11.2 Å². The number of piperidine rings is 1. The van der Waals surface area contributed by atoms with E-state index in [9.17, 15) is 10.2 Å². The van der Waals surface area contributed by atoms with E-state index in [0.717, 1.165) is 25.8 Å². The molecule has 4 bridgehead atoms. The van der Waals surface area contributed by atoms with E-state index in [1.54, 1.807) is 13.2 Å². The Kier molecular flexibility index (Phi) is 2.95. The summed E-state index contributed by atoms with van der Waals surface area (Å²) < 4.78 is 12.9. The summed E-state index contributed by atoms with van der Waals surface area (Å²) in [6.45, 7) is 4.79. The molecule has 6 atom stereocenters. The molecule has 0 unspecified atom stereocenters. The third-order valence-corrected chi connectivity index (χ3v) is 8.93. The number of methoxy groups -OCH3 is 1. The lowest BCUT2D eigenvalue weighted by Gasteiger charge is -2.72. The summed E-state index contributed by atoms with van der Waals surface area (Å²) in [6.07, 6.45) is 7.12. The lowest BCUT2D eigenvalue weighted by molar-refractivity contribution is -0.243. The van der Waals surface area contributed by atoms with Crippen LogP contribution in [0.5, 0.6) is 11.5 Å². The number of aliphatic hydroxyl groups is 1. The molecule has 5 heteroatoms. The van der Waals surface area contributed by atoms with Crippen molar-refractivity contribution in [1.29, 1.82) is 0 Å². The molecular formula is C23H29NO4. The summed E-state index contributed by atoms with van der Waals surface area (Å²) in [5, 5.41) is 21.9. The Hall–Kier alpha value is -1.56. The van der Waals surface area contributed by atoms with Gasteiger partial charge in [0.25, 0.3) is 0 Å². The molecule has 0 aromatic heterocycles. The van der Waals surface area contributed by atoms with E-state index in [4.69, 9.17) is 9.47 Å². The number of nitrogens with zero attached hydrogens (tertiary/aromatic N) is 1. The van der Waals surface area contributed by atoms with Crippen LogP contribution in [0.2, 0.25) is 0 Å². The number of phenolic OH excluding ortho intramolecular Hbond substituents is 1. The van der Waals surface area contributed by atoms with Gasteiger partial charge in [-0.3, -0.25) is 0 Å². The molecule has 6 aliphatic rings. The van der Waals surface area contributed by atoms with Gasteiger partial charge in [0.1, 0.15) is 11.7 Å². The summed E-state index contributed by atoms with van der Waals surface area (Å²) in [5.74, 6) is 0.789. The fraction of sp³-hybridized carbons (Fsp3) is 0.652. The summed E-state index contributed by atoms with van der Waals surface area (Å²) in [6, 6.07) is 4.21. The number of ether oxygens (including phenoxy) is 2. The minimum Gasteiger partial charge on any atom is -0.504 e. The van der Waals surface area contributed by atoms with Gasteiger partial charge in [-0.05, 0) is 58.3 Å². The first kappa shape index (κ1) is 17.3.